The van der Waals surface area contributed by atoms with Crippen molar-refractivity contribution in [2.45, 2.75) is 6.54 Å². The third-order valence-corrected chi connectivity index (χ3v) is 3.77. The summed E-state index contributed by atoms with van der Waals surface area (Å²) >= 11 is 0. The second-order valence-electron chi connectivity index (χ2n) is 2.73. The van der Waals surface area contributed by atoms with Crippen molar-refractivity contribution in [1.29, 1.82) is 0 Å². The van der Waals surface area contributed by atoms with Gasteiger partial charge in [-0.25, -0.2) is 0 Å². The van der Waals surface area contributed by atoms with Crippen LogP contribution in [0.25, 0.3) is 0 Å². The van der Waals surface area contributed by atoms with Gasteiger partial charge in [-0.3, -0.25) is 14.4 Å². The molecule has 0 radical (unpaired) electrons. The number of aromatic nitrogens is 1. The molecule has 0 N–H and O–H groups in total. The maximum atomic E-state index is 11.4. The molecule has 1 heterocycles. The second-order valence-corrected chi connectivity index (χ2v) is 4.78. The van der Waals surface area contributed by atoms with E-state index in [9.17, 15) is 4.79 Å². The Morgan fingerprint density at radius 2 is 1.94 bits per heavy atom. The van der Waals surface area contributed by atoms with Crippen molar-refractivity contribution in [3.05, 3.63) is 14.5 Å². The summed E-state index contributed by atoms with van der Waals surface area (Å²) in [7, 11) is 5.83. The molecule has 0 unspecified atom stereocenters. The molecule has 0 amide bonds. The van der Waals surface area contributed by atoms with Crippen LogP contribution in [0.5, 0.6) is 0 Å². The minimum atomic E-state index is 0. The quantitative estimate of drug-likeness (QED) is 0.571. The number of methoxy groups -OCH3 is 2. The van der Waals surface area contributed by atoms with Crippen LogP contribution in [0.1, 0.15) is 0 Å². The van der Waals surface area contributed by atoms with Gasteiger partial charge >= 0.3 is 4.87 Å². The van der Waals surface area contributed by atoms with Gasteiger partial charge in [-0.05, 0) is 20.7 Å². The van der Waals surface area contributed by atoms with Crippen molar-refractivity contribution in [3.63, 3.8) is 0 Å². The zero-order valence-electron chi connectivity index (χ0n) is 9.17. The van der Waals surface area contributed by atoms with Crippen LogP contribution in [0.2, 0.25) is 0 Å². The SMILES string of the molecule is Br.COCCN=c1ssc(=O)n1CCOC. The molecule has 16 heavy (non-hydrogen) atoms. The number of hydrogen-bond donors (Lipinski definition) is 0. The smallest absolute Gasteiger partial charge is 0.319 e. The molecular weight excluding hydrogens is 316 g/mol. The molecule has 5 nitrogen and oxygen atoms in total. The third kappa shape index (κ3) is 4.88. The van der Waals surface area contributed by atoms with Crippen LogP contribution in [0.4, 0.5) is 0 Å². The van der Waals surface area contributed by atoms with E-state index >= 15 is 0 Å². The highest BCUT2D eigenvalue weighted by Crippen LogP contribution is 1.92. The predicted octanol–water partition coefficient (Wildman–Crippen LogP) is 0.743. The number of halogens is 1. The topological polar surface area (TPSA) is 52.8 Å². The molecule has 0 bridgehead atoms. The van der Waals surface area contributed by atoms with Gasteiger partial charge in [0.25, 0.3) is 0 Å². The molecule has 1 aromatic heterocycles. The average molecular weight is 331 g/mol. The molecule has 0 spiro atoms. The Hall–Kier alpha value is -0.0200. The van der Waals surface area contributed by atoms with Crippen molar-refractivity contribution in [2.24, 2.45) is 4.99 Å². The monoisotopic (exact) mass is 330 g/mol. The highest BCUT2D eigenvalue weighted by molar-refractivity contribution is 8.93. The van der Waals surface area contributed by atoms with Gasteiger partial charge in [-0.2, -0.15) is 0 Å². The van der Waals surface area contributed by atoms with Gasteiger partial charge in [-0.15, -0.1) is 17.0 Å². The van der Waals surface area contributed by atoms with Gasteiger partial charge in [0, 0.05) is 14.2 Å². The molecular formula is C8H15BrN2O3S2. The van der Waals surface area contributed by atoms with E-state index < -0.39 is 0 Å². The lowest BCUT2D eigenvalue weighted by atomic mass is 10.7. The van der Waals surface area contributed by atoms with Gasteiger partial charge in [0.2, 0.25) is 0 Å². The fourth-order valence-electron chi connectivity index (χ4n) is 0.955. The highest BCUT2D eigenvalue weighted by Gasteiger charge is 2.01. The van der Waals surface area contributed by atoms with Crippen LogP contribution in [0.15, 0.2) is 9.79 Å². The van der Waals surface area contributed by atoms with E-state index in [1.165, 1.54) is 20.7 Å². The minimum Gasteiger partial charge on any atom is -0.383 e. The van der Waals surface area contributed by atoms with E-state index in [1.807, 2.05) is 0 Å². The molecule has 1 aromatic rings. The standard InChI is InChI=1S/C8H14N2O3S2.BrH/c1-12-5-3-9-7-10(4-6-13-2)8(11)15-14-7;/h3-6H2,1-2H3;1H. The van der Waals surface area contributed by atoms with Gasteiger partial charge in [0.05, 0.1) is 26.3 Å². The van der Waals surface area contributed by atoms with Crippen molar-refractivity contribution in [1.82, 2.24) is 4.57 Å². The van der Waals surface area contributed by atoms with Crippen LogP contribution in [0, 0.1) is 0 Å². The zero-order chi connectivity index (χ0) is 11.1. The van der Waals surface area contributed by atoms with Crippen molar-refractivity contribution in [3.8, 4) is 0 Å². The summed E-state index contributed by atoms with van der Waals surface area (Å²) in [6.07, 6.45) is 0. The lowest BCUT2D eigenvalue weighted by Crippen LogP contribution is -2.27. The van der Waals surface area contributed by atoms with E-state index in [1.54, 1.807) is 18.8 Å². The number of ether oxygens (including phenoxy) is 2. The van der Waals surface area contributed by atoms with Gasteiger partial charge < -0.3 is 9.47 Å². The Kier molecular flexibility index (Phi) is 9.04. The molecule has 8 heteroatoms. The maximum Gasteiger partial charge on any atom is 0.319 e. The largest absolute Gasteiger partial charge is 0.383 e. The van der Waals surface area contributed by atoms with Crippen molar-refractivity contribution in [2.75, 3.05) is 34.0 Å². The van der Waals surface area contributed by atoms with Crippen molar-refractivity contribution < 1.29 is 9.47 Å². The Labute approximate surface area is 112 Å². The lowest BCUT2D eigenvalue weighted by molar-refractivity contribution is 0.185. The summed E-state index contributed by atoms with van der Waals surface area (Å²) in [4.78, 5) is 16.5. The van der Waals surface area contributed by atoms with Crippen LogP contribution in [-0.4, -0.2) is 38.5 Å². The molecule has 0 aliphatic heterocycles. The lowest BCUT2D eigenvalue weighted by Gasteiger charge is -1.99. The van der Waals surface area contributed by atoms with Crippen LogP contribution < -0.4 is 9.67 Å². The van der Waals surface area contributed by atoms with Crippen LogP contribution >= 0.6 is 37.7 Å². The van der Waals surface area contributed by atoms with E-state index in [2.05, 4.69) is 4.99 Å². The molecule has 0 aliphatic carbocycles. The molecule has 0 atom stereocenters. The Balaban J connectivity index is 0.00000225. The normalized spacial score (nSPS) is 11.5. The summed E-state index contributed by atoms with van der Waals surface area (Å²) in [5.74, 6) is 0. The highest BCUT2D eigenvalue weighted by atomic mass is 79.9. The van der Waals surface area contributed by atoms with Crippen molar-refractivity contribution >= 4 is 37.7 Å². The molecule has 0 saturated carbocycles. The summed E-state index contributed by atoms with van der Waals surface area (Å²) in [5.41, 5.74) is 0. The molecule has 0 fully saturated rings. The summed E-state index contributed by atoms with van der Waals surface area (Å²) in [5, 5.41) is 0. The third-order valence-electron chi connectivity index (χ3n) is 1.70. The Bertz CT molecular complexity index is 398. The Morgan fingerprint density at radius 1 is 1.25 bits per heavy atom. The molecule has 94 valence electrons. The van der Waals surface area contributed by atoms with E-state index in [0.717, 1.165) is 4.80 Å². The first-order chi connectivity index (χ1) is 7.29. The fourth-order valence-corrected chi connectivity index (χ4v) is 2.97. The average Bonchev–Trinajstić information content (AvgIpc) is 2.58. The van der Waals surface area contributed by atoms with Gasteiger partial charge in [-0.1, -0.05) is 0 Å². The first kappa shape index (κ1) is 16.0. The Morgan fingerprint density at radius 3 is 2.56 bits per heavy atom. The molecule has 1 rings (SSSR count). The van der Waals surface area contributed by atoms with Gasteiger partial charge in [0.15, 0.2) is 4.80 Å². The van der Waals surface area contributed by atoms with Gasteiger partial charge in [0.1, 0.15) is 0 Å². The summed E-state index contributed by atoms with van der Waals surface area (Å²) in [6, 6.07) is 0. The summed E-state index contributed by atoms with van der Waals surface area (Å²) < 4.78 is 11.5. The first-order valence-electron chi connectivity index (χ1n) is 4.48. The first-order valence-corrected chi connectivity index (χ1v) is 6.63. The predicted molar refractivity (Wildman–Crippen MR) is 71.0 cm³/mol. The molecule has 0 aliphatic rings. The second kappa shape index (κ2) is 9.06. The summed E-state index contributed by atoms with van der Waals surface area (Å²) in [6.45, 7) is 2.23. The van der Waals surface area contributed by atoms with Crippen LogP contribution in [0.3, 0.4) is 0 Å². The van der Waals surface area contributed by atoms with E-state index in [-0.39, 0.29) is 21.9 Å². The molecule has 0 aromatic carbocycles. The maximum absolute atomic E-state index is 11.4. The van der Waals surface area contributed by atoms with E-state index in [0.29, 0.717) is 26.3 Å². The number of rotatable bonds is 6. The zero-order valence-corrected chi connectivity index (χ0v) is 12.5. The fraction of sp³-hybridized carbons (Fsp3) is 0.750. The van der Waals surface area contributed by atoms with E-state index in [4.69, 9.17) is 9.47 Å². The number of nitrogens with zero attached hydrogens (tertiary/aromatic N) is 2. The van der Waals surface area contributed by atoms with Crippen LogP contribution in [-0.2, 0) is 16.0 Å². The molecule has 0 saturated heterocycles. The minimum absolute atomic E-state index is 0. The number of hydrogen-bond acceptors (Lipinski definition) is 6.